The maximum Gasteiger partial charge on any atom is 0.329 e. The summed E-state index contributed by atoms with van der Waals surface area (Å²) in [5, 5.41) is 2.93. The lowest BCUT2D eigenvalue weighted by Crippen LogP contribution is -2.32. The van der Waals surface area contributed by atoms with Gasteiger partial charge in [-0.2, -0.15) is 0 Å². The lowest BCUT2D eigenvalue weighted by Gasteiger charge is -2.15. The molecule has 1 aromatic carbocycles. The number of carbonyl (C=O) groups is 1. The van der Waals surface area contributed by atoms with Gasteiger partial charge in [-0.05, 0) is 37.5 Å². The predicted octanol–water partition coefficient (Wildman–Crippen LogP) is 3.27. The number of hydrogen-bond donors (Lipinski definition) is 2. The second kappa shape index (κ2) is 8.94. The second-order valence-corrected chi connectivity index (χ2v) is 7.24. The fourth-order valence-electron chi connectivity index (χ4n) is 3.24. The Morgan fingerprint density at radius 2 is 1.97 bits per heavy atom. The van der Waals surface area contributed by atoms with Crippen LogP contribution in [0.4, 0.5) is 5.69 Å². The van der Waals surface area contributed by atoms with Crippen molar-refractivity contribution in [3.05, 3.63) is 62.4 Å². The Hall–Kier alpha value is -3.42. The number of aryl methyl sites for hydroxylation is 1. The summed E-state index contributed by atoms with van der Waals surface area (Å²) in [4.78, 5) is 45.1. The number of hydrogen-bond acceptors (Lipinski definition) is 5. The Morgan fingerprint density at radius 3 is 2.63 bits per heavy atom. The molecule has 0 atom stereocenters. The molecular formula is C22H26N4O4. The standard InChI is InChI=1S/C22H26N4O4/c1-5-11-26-19-18(21(28)25-22(26)29)14(12-16(23-19)13(3)4)20(27)24-15-9-7-8-10-17(15)30-6-2/h7-10,12-13H,5-6,11H2,1-4H3,(H,24,27)(H,25,28,29). The van der Waals surface area contributed by atoms with E-state index in [4.69, 9.17) is 4.74 Å². The number of para-hydroxylation sites is 2. The van der Waals surface area contributed by atoms with Crippen LogP contribution >= 0.6 is 0 Å². The van der Waals surface area contributed by atoms with Crippen LogP contribution in [0.15, 0.2) is 39.9 Å². The first-order chi connectivity index (χ1) is 14.4. The van der Waals surface area contributed by atoms with Crippen LogP contribution in [0.1, 0.15) is 56.1 Å². The third-order valence-corrected chi connectivity index (χ3v) is 4.69. The molecule has 0 fully saturated rings. The minimum absolute atomic E-state index is 0.00104. The van der Waals surface area contributed by atoms with Gasteiger partial charge in [0.15, 0.2) is 5.65 Å². The van der Waals surface area contributed by atoms with Crippen LogP contribution in [0, 0.1) is 0 Å². The van der Waals surface area contributed by atoms with Crippen molar-refractivity contribution in [3.8, 4) is 5.75 Å². The minimum atomic E-state index is -0.631. The van der Waals surface area contributed by atoms with Crippen molar-refractivity contribution in [2.45, 2.75) is 46.6 Å². The van der Waals surface area contributed by atoms with Crippen LogP contribution in [0.25, 0.3) is 11.0 Å². The van der Waals surface area contributed by atoms with Gasteiger partial charge >= 0.3 is 5.69 Å². The molecular weight excluding hydrogens is 384 g/mol. The molecule has 3 aromatic rings. The number of carbonyl (C=O) groups excluding carboxylic acids is 1. The SMILES string of the molecule is CCCn1c(=O)[nH]c(=O)c2c(C(=O)Nc3ccccc3OCC)cc(C(C)C)nc21. The van der Waals surface area contributed by atoms with Crippen molar-refractivity contribution in [2.24, 2.45) is 0 Å². The predicted molar refractivity (Wildman–Crippen MR) is 117 cm³/mol. The van der Waals surface area contributed by atoms with E-state index in [0.717, 1.165) is 0 Å². The zero-order valence-electron chi connectivity index (χ0n) is 17.6. The van der Waals surface area contributed by atoms with Crippen LogP contribution < -0.4 is 21.3 Å². The van der Waals surface area contributed by atoms with Gasteiger partial charge in [0.1, 0.15) is 5.75 Å². The zero-order chi connectivity index (χ0) is 21.8. The van der Waals surface area contributed by atoms with Gasteiger partial charge in [-0.15, -0.1) is 0 Å². The first-order valence-corrected chi connectivity index (χ1v) is 10.1. The van der Waals surface area contributed by atoms with E-state index in [1.54, 1.807) is 24.3 Å². The van der Waals surface area contributed by atoms with E-state index in [2.05, 4.69) is 15.3 Å². The molecule has 0 spiro atoms. The Morgan fingerprint density at radius 1 is 1.23 bits per heavy atom. The van der Waals surface area contributed by atoms with Crippen molar-refractivity contribution >= 4 is 22.6 Å². The van der Waals surface area contributed by atoms with E-state index >= 15 is 0 Å². The lowest BCUT2D eigenvalue weighted by atomic mass is 10.0. The quantitative estimate of drug-likeness (QED) is 0.622. The number of aromatic nitrogens is 3. The van der Waals surface area contributed by atoms with E-state index in [-0.39, 0.29) is 22.5 Å². The maximum absolute atomic E-state index is 13.2. The van der Waals surface area contributed by atoms with Crippen molar-refractivity contribution in [1.29, 1.82) is 0 Å². The highest BCUT2D eigenvalue weighted by molar-refractivity contribution is 6.12. The van der Waals surface area contributed by atoms with Crippen LogP contribution in [0.2, 0.25) is 0 Å². The monoisotopic (exact) mass is 410 g/mol. The highest BCUT2D eigenvalue weighted by Gasteiger charge is 2.21. The highest BCUT2D eigenvalue weighted by Crippen LogP contribution is 2.26. The molecule has 0 aliphatic rings. The summed E-state index contributed by atoms with van der Waals surface area (Å²) in [6.45, 7) is 8.50. The molecule has 2 N–H and O–H groups in total. The molecule has 8 nitrogen and oxygen atoms in total. The number of H-pyrrole nitrogens is 1. The molecule has 2 aromatic heterocycles. The molecule has 0 aliphatic heterocycles. The second-order valence-electron chi connectivity index (χ2n) is 7.24. The number of nitrogens with zero attached hydrogens (tertiary/aromatic N) is 2. The summed E-state index contributed by atoms with van der Waals surface area (Å²) in [5.74, 6) is 0.0670. The first kappa shape index (κ1) is 21.3. The molecule has 30 heavy (non-hydrogen) atoms. The molecule has 0 radical (unpaired) electrons. The van der Waals surface area contributed by atoms with E-state index in [1.807, 2.05) is 33.8 Å². The number of anilines is 1. The number of amides is 1. The highest BCUT2D eigenvalue weighted by atomic mass is 16.5. The number of ether oxygens (including phenoxy) is 1. The van der Waals surface area contributed by atoms with Gasteiger partial charge < -0.3 is 10.1 Å². The average molecular weight is 410 g/mol. The molecule has 0 aliphatic carbocycles. The van der Waals surface area contributed by atoms with Crippen LogP contribution in [-0.4, -0.2) is 27.0 Å². The van der Waals surface area contributed by atoms with E-state index in [1.165, 1.54) is 4.57 Å². The normalized spacial score (nSPS) is 11.1. The molecule has 0 saturated carbocycles. The lowest BCUT2D eigenvalue weighted by molar-refractivity contribution is 0.102. The summed E-state index contributed by atoms with van der Waals surface area (Å²) in [6.07, 6.45) is 0.678. The van der Waals surface area contributed by atoms with Crippen LogP contribution in [0.3, 0.4) is 0 Å². The topological polar surface area (TPSA) is 106 Å². The Labute approximate surface area is 173 Å². The van der Waals surface area contributed by atoms with Crippen molar-refractivity contribution in [1.82, 2.24) is 14.5 Å². The van der Waals surface area contributed by atoms with Gasteiger partial charge in [0.05, 0.1) is 23.2 Å². The van der Waals surface area contributed by atoms with Gasteiger partial charge in [-0.3, -0.25) is 19.1 Å². The summed E-state index contributed by atoms with van der Waals surface area (Å²) in [5.41, 5.74) is 0.352. The van der Waals surface area contributed by atoms with E-state index in [9.17, 15) is 14.4 Å². The molecule has 2 heterocycles. The van der Waals surface area contributed by atoms with Gasteiger partial charge in [-0.25, -0.2) is 9.78 Å². The zero-order valence-corrected chi connectivity index (χ0v) is 17.6. The third kappa shape index (κ3) is 4.12. The smallest absolute Gasteiger partial charge is 0.329 e. The minimum Gasteiger partial charge on any atom is -0.492 e. The Kier molecular flexibility index (Phi) is 6.34. The summed E-state index contributed by atoms with van der Waals surface area (Å²) >= 11 is 0. The molecule has 8 heteroatoms. The van der Waals surface area contributed by atoms with Crippen molar-refractivity contribution in [3.63, 3.8) is 0 Å². The van der Waals surface area contributed by atoms with Crippen LogP contribution in [-0.2, 0) is 6.54 Å². The summed E-state index contributed by atoms with van der Waals surface area (Å²) in [6, 6.07) is 8.70. The molecule has 1 amide bonds. The van der Waals surface area contributed by atoms with Gasteiger partial charge in [-0.1, -0.05) is 32.9 Å². The van der Waals surface area contributed by atoms with E-state index in [0.29, 0.717) is 36.7 Å². The van der Waals surface area contributed by atoms with Gasteiger partial charge in [0.25, 0.3) is 11.5 Å². The molecule has 0 bridgehead atoms. The molecule has 158 valence electrons. The molecule has 3 rings (SSSR count). The van der Waals surface area contributed by atoms with E-state index < -0.39 is 17.2 Å². The van der Waals surface area contributed by atoms with Crippen LogP contribution in [0.5, 0.6) is 5.75 Å². The average Bonchev–Trinajstić information content (AvgIpc) is 2.71. The number of rotatable bonds is 7. The molecule has 0 saturated heterocycles. The number of fused-ring (bicyclic) bond motifs is 1. The molecule has 0 unspecified atom stereocenters. The maximum atomic E-state index is 13.2. The van der Waals surface area contributed by atoms with Crippen molar-refractivity contribution in [2.75, 3.05) is 11.9 Å². The fraction of sp³-hybridized carbons (Fsp3) is 0.364. The first-order valence-electron chi connectivity index (χ1n) is 10.1. The van der Waals surface area contributed by atoms with Gasteiger partial charge in [0.2, 0.25) is 0 Å². The fourth-order valence-corrected chi connectivity index (χ4v) is 3.24. The Bertz CT molecular complexity index is 1190. The Balaban J connectivity index is 2.22. The van der Waals surface area contributed by atoms with Gasteiger partial charge in [0, 0.05) is 12.2 Å². The number of nitrogens with one attached hydrogen (secondary N) is 2. The largest absolute Gasteiger partial charge is 0.492 e. The summed E-state index contributed by atoms with van der Waals surface area (Å²) in [7, 11) is 0. The number of benzene rings is 1. The van der Waals surface area contributed by atoms with Crippen molar-refractivity contribution < 1.29 is 9.53 Å². The number of aromatic amines is 1. The number of pyridine rings is 1. The third-order valence-electron chi connectivity index (χ3n) is 4.69. The summed E-state index contributed by atoms with van der Waals surface area (Å²) < 4.78 is 6.98.